The van der Waals surface area contributed by atoms with Crippen molar-refractivity contribution in [3.05, 3.63) is 75.9 Å². The van der Waals surface area contributed by atoms with E-state index in [4.69, 9.17) is 24.7 Å². The topological polar surface area (TPSA) is 119 Å². The van der Waals surface area contributed by atoms with E-state index in [1.54, 1.807) is 89.6 Å². The van der Waals surface area contributed by atoms with Gasteiger partial charge in [-0.15, -0.1) is 0 Å². The van der Waals surface area contributed by atoms with Crippen molar-refractivity contribution in [3.63, 3.8) is 0 Å². The number of rotatable bonds is 8. The molecule has 2 heterocycles. The fraction of sp³-hybridized carbons (Fsp3) is 0.276. The van der Waals surface area contributed by atoms with E-state index in [-0.39, 0.29) is 28.2 Å². The molecule has 1 aliphatic rings. The summed E-state index contributed by atoms with van der Waals surface area (Å²) in [5.41, 5.74) is 7.78. The normalized spacial score (nSPS) is 15.2. The lowest BCUT2D eigenvalue weighted by Crippen LogP contribution is -2.43. The van der Waals surface area contributed by atoms with E-state index in [0.717, 1.165) is 17.3 Å². The van der Waals surface area contributed by atoms with Crippen LogP contribution in [-0.4, -0.2) is 49.3 Å². The van der Waals surface area contributed by atoms with Crippen LogP contribution >= 0.6 is 11.8 Å². The first-order chi connectivity index (χ1) is 18.7. The molecule has 2 N–H and O–H groups in total. The molecule has 1 aromatic heterocycles. The number of hydrogen-bond acceptors (Lipinski definition) is 9. The van der Waals surface area contributed by atoms with E-state index >= 15 is 0 Å². The van der Waals surface area contributed by atoms with E-state index in [2.05, 4.69) is 0 Å². The molecule has 0 fully saturated rings. The van der Waals surface area contributed by atoms with Crippen LogP contribution < -0.4 is 25.8 Å². The Labute approximate surface area is 230 Å². The molecule has 10 heteroatoms. The number of fused-ring (bicyclic) bond motifs is 1. The second kappa shape index (κ2) is 11.7. The zero-order chi connectivity index (χ0) is 28.3. The summed E-state index contributed by atoms with van der Waals surface area (Å²) >= 11 is 1.06. The number of hydrogen-bond donors (Lipinski definition) is 1. The zero-order valence-corrected chi connectivity index (χ0v) is 23.2. The summed E-state index contributed by atoms with van der Waals surface area (Å²) in [6.45, 7) is 5.21. The molecule has 1 aliphatic heterocycles. The van der Waals surface area contributed by atoms with Gasteiger partial charge in [0.1, 0.15) is 21.7 Å². The van der Waals surface area contributed by atoms with Crippen molar-refractivity contribution in [3.8, 4) is 11.5 Å². The van der Waals surface area contributed by atoms with Gasteiger partial charge in [0.25, 0.3) is 0 Å². The monoisotopic (exact) mass is 550 g/mol. The Morgan fingerprint density at radius 1 is 1.00 bits per heavy atom. The lowest BCUT2D eigenvalue weighted by atomic mass is 10.1. The summed E-state index contributed by atoms with van der Waals surface area (Å²) in [5, 5.41) is -0.323. The SMILES string of the molecule is CCOC(=O)c1c(N)/c(=C\c2ccc(OC)cc2)c2n1C(=O)[C@@H](c1ccc(OC)cc1)SC=2C(=O)OC(C)C. The maximum absolute atomic E-state index is 14.0. The van der Waals surface area contributed by atoms with Gasteiger partial charge >= 0.3 is 11.9 Å². The Hall–Kier alpha value is -4.18. The molecule has 0 unspecified atom stereocenters. The summed E-state index contributed by atoms with van der Waals surface area (Å²) in [7, 11) is 3.11. The molecule has 0 saturated carbocycles. The molecule has 39 heavy (non-hydrogen) atoms. The molecule has 4 rings (SSSR count). The quantitative estimate of drug-likeness (QED) is 0.422. The van der Waals surface area contributed by atoms with Crippen molar-refractivity contribution in [2.45, 2.75) is 32.1 Å². The number of methoxy groups -OCH3 is 2. The van der Waals surface area contributed by atoms with Crippen LogP contribution in [0.5, 0.6) is 11.5 Å². The van der Waals surface area contributed by atoms with Gasteiger partial charge in [0.05, 0.1) is 38.0 Å². The van der Waals surface area contributed by atoms with Crippen molar-refractivity contribution in [2.24, 2.45) is 0 Å². The Morgan fingerprint density at radius 2 is 1.59 bits per heavy atom. The van der Waals surface area contributed by atoms with E-state index in [1.165, 1.54) is 4.57 Å². The van der Waals surface area contributed by atoms with Crippen LogP contribution in [0.3, 0.4) is 0 Å². The first-order valence-corrected chi connectivity index (χ1v) is 13.2. The Bertz CT molecular complexity index is 1520. The van der Waals surface area contributed by atoms with Gasteiger partial charge in [0, 0.05) is 5.22 Å². The van der Waals surface area contributed by atoms with Gasteiger partial charge in [0.2, 0.25) is 5.91 Å². The molecule has 2 aromatic carbocycles. The van der Waals surface area contributed by atoms with Crippen molar-refractivity contribution < 1.29 is 33.3 Å². The molecular weight excluding hydrogens is 520 g/mol. The van der Waals surface area contributed by atoms with Gasteiger partial charge in [-0.25, -0.2) is 9.59 Å². The first kappa shape index (κ1) is 27.8. The predicted molar refractivity (Wildman–Crippen MR) is 149 cm³/mol. The largest absolute Gasteiger partial charge is 0.497 e. The number of carbonyl (C=O) groups is 3. The van der Waals surface area contributed by atoms with Crippen molar-refractivity contribution in [1.82, 2.24) is 4.57 Å². The second-order valence-corrected chi connectivity index (χ2v) is 10.0. The minimum atomic E-state index is -0.855. The van der Waals surface area contributed by atoms with Gasteiger partial charge in [-0.2, -0.15) is 0 Å². The number of nitrogens with two attached hydrogens (primary N) is 1. The van der Waals surface area contributed by atoms with E-state index < -0.39 is 29.2 Å². The maximum Gasteiger partial charge on any atom is 0.357 e. The molecule has 0 aliphatic carbocycles. The number of esters is 2. The van der Waals surface area contributed by atoms with Crippen LogP contribution in [0.2, 0.25) is 0 Å². The second-order valence-electron chi connectivity index (χ2n) is 8.89. The summed E-state index contributed by atoms with van der Waals surface area (Å²) in [6.07, 6.45) is 1.30. The van der Waals surface area contributed by atoms with Crippen LogP contribution in [0, 0.1) is 0 Å². The van der Waals surface area contributed by atoms with Gasteiger partial charge in [-0.3, -0.25) is 9.36 Å². The first-order valence-electron chi connectivity index (χ1n) is 12.3. The van der Waals surface area contributed by atoms with Crippen molar-refractivity contribution in [1.29, 1.82) is 0 Å². The number of thioether (sulfide) groups is 1. The fourth-order valence-electron chi connectivity index (χ4n) is 4.21. The fourth-order valence-corrected chi connectivity index (χ4v) is 5.40. The van der Waals surface area contributed by atoms with Crippen LogP contribution in [-0.2, 0) is 14.3 Å². The third-order valence-electron chi connectivity index (χ3n) is 5.99. The smallest absolute Gasteiger partial charge is 0.357 e. The number of carbonyl (C=O) groups excluding carboxylic acids is 3. The standard InChI is InChI=1S/C29H30N2O7S/c1-6-37-28(33)24-22(30)21(15-17-7-11-19(35-4)12-8-17)23-26(29(34)38-16(2)3)39-25(27(32)31(23)24)18-9-13-20(36-5)14-10-18/h7-16,25H,6,30H2,1-5H3/b21-15+/t25-/m1/s1. The molecular formula is C29H30N2O7S. The Balaban J connectivity index is 2.05. The number of benzene rings is 2. The summed E-state index contributed by atoms with van der Waals surface area (Å²) in [6, 6.07) is 14.1. The minimum Gasteiger partial charge on any atom is -0.497 e. The van der Waals surface area contributed by atoms with Crippen LogP contribution in [0.25, 0.3) is 11.0 Å². The maximum atomic E-state index is 14.0. The summed E-state index contributed by atoms with van der Waals surface area (Å²) < 4.78 is 22.5. The van der Waals surface area contributed by atoms with Gasteiger partial charge in [0.15, 0.2) is 5.69 Å². The molecule has 0 bridgehead atoms. The van der Waals surface area contributed by atoms with E-state index in [9.17, 15) is 14.4 Å². The molecule has 0 amide bonds. The molecule has 204 valence electrons. The lowest BCUT2D eigenvalue weighted by Gasteiger charge is -2.24. The molecule has 3 aromatic rings. The highest BCUT2D eigenvalue weighted by molar-refractivity contribution is 8.10. The lowest BCUT2D eigenvalue weighted by molar-refractivity contribution is -0.139. The molecule has 9 nitrogen and oxygen atoms in total. The summed E-state index contributed by atoms with van der Waals surface area (Å²) in [4.78, 5) is 40.8. The Morgan fingerprint density at radius 3 is 2.13 bits per heavy atom. The number of nitrogen functional groups attached to an aromatic ring is 1. The third kappa shape index (κ3) is 5.51. The van der Waals surface area contributed by atoms with E-state index in [0.29, 0.717) is 22.3 Å². The van der Waals surface area contributed by atoms with Gasteiger partial charge in [-0.1, -0.05) is 36.0 Å². The average Bonchev–Trinajstić information content (AvgIpc) is 3.21. The third-order valence-corrected chi connectivity index (χ3v) is 7.29. The average molecular weight is 551 g/mol. The van der Waals surface area contributed by atoms with E-state index in [1.807, 2.05) is 0 Å². The van der Waals surface area contributed by atoms with Gasteiger partial charge in [-0.05, 0) is 62.2 Å². The van der Waals surface area contributed by atoms with Crippen LogP contribution in [0.1, 0.15) is 52.4 Å². The van der Waals surface area contributed by atoms with Crippen LogP contribution in [0.4, 0.5) is 5.69 Å². The molecule has 0 spiro atoms. The molecule has 0 saturated heterocycles. The highest BCUT2D eigenvalue weighted by atomic mass is 32.2. The highest BCUT2D eigenvalue weighted by Gasteiger charge is 2.38. The predicted octanol–water partition coefficient (Wildman–Crippen LogP) is 3.28. The highest BCUT2D eigenvalue weighted by Crippen LogP contribution is 2.40. The number of nitrogens with zero attached hydrogens (tertiary/aromatic N) is 1. The van der Waals surface area contributed by atoms with Crippen molar-refractivity contribution >= 4 is 46.3 Å². The molecule has 1 atom stereocenters. The number of ether oxygens (including phenoxy) is 4. The molecule has 0 radical (unpaired) electrons. The minimum absolute atomic E-state index is 0.0263. The Kier molecular flexibility index (Phi) is 8.35. The number of anilines is 1. The summed E-state index contributed by atoms with van der Waals surface area (Å²) in [5.74, 6) is -0.558. The number of aromatic nitrogens is 1. The van der Waals surface area contributed by atoms with Crippen molar-refractivity contribution in [2.75, 3.05) is 26.6 Å². The zero-order valence-electron chi connectivity index (χ0n) is 22.3. The van der Waals surface area contributed by atoms with Gasteiger partial charge < -0.3 is 24.7 Å². The van der Waals surface area contributed by atoms with Crippen LogP contribution in [0.15, 0.2) is 48.5 Å².